The molecule has 4 aromatic rings. The molecule has 2 atom stereocenters. The second-order valence-electron chi connectivity index (χ2n) is 15.6. The van der Waals surface area contributed by atoms with Gasteiger partial charge in [0.15, 0.2) is 11.6 Å². The van der Waals surface area contributed by atoms with Gasteiger partial charge in [-0.25, -0.2) is 27.9 Å². The number of carbonyl (C=O) groups is 6. The lowest BCUT2D eigenvalue weighted by molar-refractivity contribution is -0.131. The van der Waals surface area contributed by atoms with Crippen molar-refractivity contribution in [2.24, 2.45) is 0 Å². The van der Waals surface area contributed by atoms with Crippen molar-refractivity contribution >= 4 is 87.3 Å². The van der Waals surface area contributed by atoms with Gasteiger partial charge in [0.1, 0.15) is 29.8 Å². The molecule has 320 valence electrons. The van der Waals surface area contributed by atoms with Gasteiger partial charge in [-0.1, -0.05) is 13.8 Å². The van der Waals surface area contributed by atoms with Gasteiger partial charge >= 0.3 is 0 Å². The molecule has 4 aromatic heterocycles. The number of halogens is 1. The second kappa shape index (κ2) is 17.2. The number of likely N-dealkylation sites (N-methyl/N-ethyl adjacent to an activating group) is 2. The zero-order chi connectivity index (χ0) is 43.1. The first-order valence-electron chi connectivity index (χ1n) is 20.7. The van der Waals surface area contributed by atoms with Gasteiger partial charge in [0.05, 0.1) is 35.3 Å². The number of hydrogen-bond acceptors (Lipinski definition) is 14. The van der Waals surface area contributed by atoms with Crippen molar-refractivity contribution in [2.75, 3.05) is 38.6 Å². The average molecular weight is 947 g/mol. The SMILES string of the molecule is CC[C@@H]1C(=O)N(C)c2cnc(-n3ccnc3)nc2N1C1CCC1.CC[C@@H]1C(=O)N(C)c2cnc(-n3ccnc3N3C(=O)CCC3=O)nc2N1C1CCC1.O=C1CCC(=O)N1I. The van der Waals surface area contributed by atoms with E-state index in [1.54, 1.807) is 80.0 Å². The number of nitrogens with zero attached hydrogens (tertiary/aromatic N) is 14. The highest BCUT2D eigenvalue weighted by molar-refractivity contribution is 14.1. The molecule has 0 aromatic carbocycles. The van der Waals surface area contributed by atoms with Gasteiger partial charge in [0.2, 0.25) is 53.3 Å². The average Bonchev–Trinajstić information content (AvgIpc) is 4.05. The first-order chi connectivity index (χ1) is 29.4. The first-order valence-corrected chi connectivity index (χ1v) is 21.6. The van der Waals surface area contributed by atoms with Crippen molar-refractivity contribution in [3.8, 4) is 11.9 Å². The van der Waals surface area contributed by atoms with Crippen LogP contribution in [0.15, 0.2) is 43.5 Å². The van der Waals surface area contributed by atoms with Gasteiger partial charge in [0, 0.05) is 76.6 Å². The molecule has 0 bridgehead atoms. The monoisotopic (exact) mass is 946 g/mol. The standard InChI is InChI=1S/C20H23N7O3.C16H20N6O.C4H4INO2/c1-3-13-18(30)24(2)14-11-22-19(23-17(14)26(13)12-5-4-6-12)25-10-9-21-20(25)27-15(28)7-8-16(27)29;1-3-12-15(23)20(2)13-9-18-16(21-8-7-17-10-21)19-14(13)22(12)11-5-4-6-11;5-6-3(7)1-2-4(6)8/h9-13H,3-8H2,1-2H3;7-12H,3-6H2,1-2H3;1-2H2/t13-;12-;/m11./s1. The Morgan fingerprint density at radius 3 is 1.56 bits per heavy atom. The minimum atomic E-state index is -0.280. The normalized spacial score (nSPS) is 21.5. The zero-order valence-electron chi connectivity index (χ0n) is 34.4. The van der Waals surface area contributed by atoms with Crippen molar-refractivity contribution in [3.05, 3.63) is 43.5 Å². The van der Waals surface area contributed by atoms with Crippen molar-refractivity contribution in [3.63, 3.8) is 0 Å². The number of anilines is 5. The Morgan fingerprint density at radius 1 is 0.639 bits per heavy atom. The Balaban J connectivity index is 0.000000146. The number of imide groups is 2. The highest BCUT2D eigenvalue weighted by Gasteiger charge is 2.44. The van der Waals surface area contributed by atoms with Crippen LogP contribution in [0.25, 0.3) is 11.9 Å². The Labute approximate surface area is 365 Å². The fourth-order valence-electron chi connectivity index (χ4n) is 8.30. The molecule has 4 fully saturated rings. The highest BCUT2D eigenvalue weighted by Crippen LogP contribution is 2.42. The molecule has 10 rings (SSSR count). The summed E-state index contributed by atoms with van der Waals surface area (Å²) in [5.74, 6) is 2.14. The lowest BCUT2D eigenvalue weighted by Gasteiger charge is -2.47. The van der Waals surface area contributed by atoms with Gasteiger partial charge in [0.25, 0.3) is 0 Å². The van der Waals surface area contributed by atoms with E-state index in [1.165, 1.54) is 12.6 Å². The lowest BCUT2D eigenvalue weighted by Crippen LogP contribution is -2.57. The van der Waals surface area contributed by atoms with Crippen LogP contribution < -0.4 is 24.5 Å². The van der Waals surface area contributed by atoms with Crippen LogP contribution >= 0.6 is 22.9 Å². The predicted octanol–water partition coefficient (Wildman–Crippen LogP) is 3.69. The smallest absolute Gasteiger partial charge is 0.249 e. The van der Waals surface area contributed by atoms with E-state index in [1.807, 2.05) is 20.2 Å². The molecule has 0 spiro atoms. The van der Waals surface area contributed by atoms with Crippen LogP contribution in [-0.4, -0.2) is 116 Å². The quantitative estimate of drug-likeness (QED) is 0.147. The summed E-state index contributed by atoms with van der Waals surface area (Å²) in [7, 11) is 3.55. The zero-order valence-corrected chi connectivity index (χ0v) is 36.6. The van der Waals surface area contributed by atoms with E-state index in [4.69, 9.17) is 9.97 Å². The second-order valence-corrected chi connectivity index (χ2v) is 16.6. The van der Waals surface area contributed by atoms with Crippen LogP contribution in [0.4, 0.5) is 29.0 Å². The van der Waals surface area contributed by atoms with Crippen LogP contribution in [-0.2, 0) is 28.8 Å². The molecule has 21 heteroatoms. The molecule has 6 aliphatic rings. The van der Waals surface area contributed by atoms with Crippen molar-refractivity contribution in [1.82, 2.24) is 42.2 Å². The van der Waals surface area contributed by atoms with Crippen LogP contribution in [0.2, 0.25) is 0 Å². The molecule has 4 aliphatic heterocycles. The third kappa shape index (κ3) is 7.60. The maximum absolute atomic E-state index is 12.9. The molecule has 2 saturated heterocycles. The highest BCUT2D eigenvalue weighted by atomic mass is 127. The number of rotatable bonds is 7. The maximum Gasteiger partial charge on any atom is 0.249 e. The maximum atomic E-state index is 12.9. The molecule has 61 heavy (non-hydrogen) atoms. The predicted molar refractivity (Wildman–Crippen MR) is 230 cm³/mol. The summed E-state index contributed by atoms with van der Waals surface area (Å²) >= 11 is 1.72. The van der Waals surface area contributed by atoms with E-state index >= 15 is 0 Å². The molecular weight excluding hydrogens is 899 g/mol. The van der Waals surface area contributed by atoms with E-state index in [-0.39, 0.29) is 72.4 Å². The molecular formula is C40H47IN14O6. The third-order valence-electron chi connectivity index (χ3n) is 12.1. The number of carbonyl (C=O) groups excluding carboxylic acids is 6. The van der Waals surface area contributed by atoms with E-state index in [0.717, 1.165) is 58.0 Å². The van der Waals surface area contributed by atoms with Crippen LogP contribution in [0.5, 0.6) is 0 Å². The van der Waals surface area contributed by atoms with Gasteiger partial charge in [-0.15, -0.1) is 0 Å². The van der Waals surface area contributed by atoms with Crippen molar-refractivity contribution in [2.45, 2.75) is 115 Å². The topological polar surface area (TPSA) is 209 Å². The van der Waals surface area contributed by atoms with Crippen molar-refractivity contribution < 1.29 is 28.8 Å². The Kier molecular flexibility index (Phi) is 11.8. The number of imidazole rings is 2. The summed E-state index contributed by atoms with van der Waals surface area (Å²) in [5, 5.41) is 0. The fourth-order valence-corrected chi connectivity index (χ4v) is 8.78. The molecule has 20 nitrogen and oxygen atoms in total. The summed E-state index contributed by atoms with van der Waals surface area (Å²) in [6, 6.07) is 0.280. The largest absolute Gasteiger partial charge is 0.340 e. The van der Waals surface area contributed by atoms with Gasteiger partial charge < -0.3 is 19.6 Å². The Bertz CT molecular complexity index is 2330. The van der Waals surface area contributed by atoms with Crippen LogP contribution in [0, 0.1) is 0 Å². The molecule has 6 amide bonds. The van der Waals surface area contributed by atoms with Crippen LogP contribution in [0.1, 0.15) is 90.9 Å². The summed E-state index contributed by atoms with van der Waals surface area (Å²) in [6.45, 7) is 4.07. The summed E-state index contributed by atoms with van der Waals surface area (Å²) < 4.78 is 4.48. The summed E-state index contributed by atoms with van der Waals surface area (Å²) in [5.41, 5.74) is 1.45. The summed E-state index contributed by atoms with van der Waals surface area (Å²) in [6.07, 6.45) is 21.0. The third-order valence-corrected chi connectivity index (χ3v) is 13.2. The Morgan fingerprint density at radius 2 is 1.13 bits per heavy atom. The minimum absolute atomic E-state index is 0.0461. The van der Waals surface area contributed by atoms with E-state index in [9.17, 15) is 28.8 Å². The molecule has 8 heterocycles. The fraction of sp³-hybridized carbons (Fsp3) is 0.500. The minimum Gasteiger partial charge on any atom is -0.340 e. The summed E-state index contributed by atoms with van der Waals surface area (Å²) in [4.78, 5) is 106. The van der Waals surface area contributed by atoms with Gasteiger partial charge in [-0.3, -0.25) is 37.9 Å². The van der Waals surface area contributed by atoms with E-state index < -0.39 is 0 Å². The van der Waals surface area contributed by atoms with Gasteiger partial charge in [-0.05, 0) is 51.4 Å². The lowest BCUT2D eigenvalue weighted by atomic mass is 9.88. The molecule has 0 radical (unpaired) electrons. The number of aromatic nitrogens is 8. The van der Waals surface area contributed by atoms with Crippen LogP contribution in [0.3, 0.4) is 0 Å². The molecule has 0 unspecified atom stereocenters. The number of amides is 6. The number of fused-ring (bicyclic) bond motifs is 2. The first kappa shape index (κ1) is 41.8. The van der Waals surface area contributed by atoms with Crippen molar-refractivity contribution in [1.29, 1.82) is 0 Å². The molecule has 2 aliphatic carbocycles. The van der Waals surface area contributed by atoms with Gasteiger partial charge in [-0.2, -0.15) is 9.97 Å². The Hall–Kier alpha value is -5.87. The van der Waals surface area contributed by atoms with E-state index in [0.29, 0.717) is 48.7 Å². The molecule has 2 saturated carbocycles. The number of hydrogen-bond donors (Lipinski definition) is 0. The van der Waals surface area contributed by atoms with E-state index in [2.05, 4.69) is 36.7 Å². The molecule has 0 N–H and O–H groups in total.